The number of ether oxygens (including phenoxy) is 1. The second kappa shape index (κ2) is 16.4. The van der Waals surface area contributed by atoms with Gasteiger partial charge in [-0.2, -0.15) is 0 Å². The standard InChI is InChI=1S/C39H44N6O7S/c1-7-40-37(50)43-32-16-25(35-42-29(21-53-35)33(22(2)3)44-38(51)52-20-23-11-9-8-10-12-23)27(17-41-32)24-13-14-30-26(15-24)34(47)28(36(48)49)18-45(30)31(19-46)39(4,5)6/h8-18,21-22,31,33,46H,7,19-20H2,1-6H3,(H,44,51)(H,48,49)(H2,40,41,43,50)/t31-,33+/m0/s1. The highest BCUT2D eigenvalue weighted by molar-refractivity contribution is 7.13. The average molecular weight is 741 g/mol. The number of pyridine rings is 2. The van der Waals surface area contributed by atoms with Gasteiger partial charge >= 0.3 is 18.1 Å². The van der Waals surface area contributed by atoms with E-state index in [1.54, 1.807) is 42.0 Å². The summed E-state index contributed by atoms with van der Waals surface area (Å²) >= 11 is 1.33. The molecule has 3 aromatic heterocycles. The monoisotopic (exact) mass is 740 g/mol. The van der Waals surface area contributed by atoms with Crippen LogP contribution in [0.4, 0.5) is 15.4 Å². The third-order valence-electron chi connectivity index (χ3n) is 8.79. The fourth-order valence-corrected chi connectivity index (χ4v) is 6.88. The zero-order chi connectivity index (χ0) is 38.4. The Morgan fingerprint density at radius 1 is 1.04 bits per heavy atom. The van der Waals surface area contributed by atoms with Gasteiger partial charge in [0.25, 0.3) is 0 Å². The average Bonchev–Trinajstić information content (AvgIpc) is 3.60. The minimum atomic E-state index is -1.38. The number of thiazole rings is 1. The number of carboxylic acids is 1. The summed E-state index contributed by atoms with van der Waals surface area (Å²) in [5.41, 5.74) is 2.05. The number of amides is 3. The van der Waals surface area contributed by atoms with E-state index >= 15 is 0 Å². The van der Waals surface area contributed by atoms with Crippen molar-refractivity contribution in [2.75, 3.05) is 18.5 Å². The molecule has 0 fully saturated rings. The number of nitrogens with zero attached hydrogens (tertiary/aromatic N) is 3. The maximum Gasteiger partial charge on any atom is 0.408 e. The number of carboxylic acid groups (broad SMARTS) is 1. The van der Waals surface area contributed by atoms with Crippen molar-refractivity contribution in [2.24, 2.45) is 11.3 Å². The van der Waals surface area contributed by atoms with Crippen LogP contribution in [0.2, 0.25) is 0 Å². The number of aliphatic hydroxyl groups is 1. The van der Waals surface area contributed by atoms with E-state index in [-0.39, 0.29) is 30.3 Å². The maximum absolute atomic E-state index is 13.6. The van der Waals surface area contributed by atoms with Crippen molar-refractivity contribution >= 4 is 46.2 Å². The Morgan fingerprint density at radius 3 is 2.42 bits per heavy atom. The second-order valence-corrected chi connectivity index (χ2v) is 14.8. The summed E-state index contributed by atoms with van der Waals surface area (Å²) in [5.74, 6) is -1.18. The molecule has 0 aliphatic heterocycles. The Bertz CT molecular complexity index is 2180. The lowest BCUT2D eigenvalue weighted by molar-refractivity contribution is 0.0692. The van der Waals surface area contributed by atoms with E-state index < -0.39 is 46.6 Å². The van der Waals surface area contributed by atoms with Gasteiger partial charge in [0.1, 0.15) is 23.0 Å². The first kappa shape index (κ1) is 38.6. The molecule has 0 saturated carbocycles. The Morgan fingerprint density at radius 2 is 1.77 bits per heavy atom. The van der Waals surface area contributed by atoms with E-state index in [9.17, 15) is 29.4 Å². The van der Waals surface area contributed by atoms with Gasteiger partial charge in [-0.1, -0.05) is 71.0 Å². The normalized spacial score (nSPS) is 12.7. The molecular weight excluding hydrogens is 697 g/mol. The third-order valence-corrected chi connectivity index (χ3v) is 9.68. The summed E-state index contributed by atoms with van der Waals surface area (Å²) in [6, 6.07) is 14.7. The zero-order valence-corrected chi connectivity index (χ0v) is 31.3. The number of rotatable bonds is 12. The van der Waals surface area contributed by atoms with Crippen molar-refractivity contribution in [2.45, 2.75) is 60.2 Å². The first-order valence-electron chi connectivity index (χ1n) is 17.2. The highest BCUT2D eigenvalue weighted by atomic mass is 32.1. The van der Waals surface area contributed by atoms with Crippen molar-refractivity contribution in [3.8, 4) is 21.7 Å². The highest BCUT2D eigenvalue weighted by Crippen LogP contribution is 2.38. The van der Waals surface area contributed by atoms with Gasteiger partial charge < -0.3 is 30.2 Å². The van der Waals surface area contributed by atoms with Gasteiger partial charge in [0, 0.05) is 40.8 Å². The first-order chi connectivity index (χ1) is 25.2. The topological polar surface area (TPSA) is 185 Å². The fraction of sp³-hybridized carbons (Fsp3) is 0.333. The molecule has 3 amide bonds. The smallest absolute Gasteiger partial charge is 0.408 e. The quantitative estimate of drug-likeness (QED) is 0.0880. The molecule has 0 bridgehead atoms. The molecule has 0 unspecified atom stereocenters. The number of aliphatic hydroxyl groups excluding tert-OH is 1. The summed E-state index contributed by atoms with van der Waals surface area (Å²) in [5, 5.41) is 31.2. The first-order valence-corrected chi connectivity index (χ1v) is 18.1. The van der Waals surface area contributed by atoms with E-state index in [2.05, 4.69) is 20.9 Å². The lowest BCUT2D eigenvalue weighted by Gasteiger charge is -2.32. The summed E-state index contributed by atoms with van der Waals surface area (Å²) in [6.07, 6.45) is 2.27. The van der Waals surface area contributed by atoms with Crippen LogP contribution in [0.25, 0.3) is 32.6 Å². The molecule has 2 atom stereocenters. The second-order valence-electron chi connectivity index (χ2n) is 14.0. The van der Waals surface area contributed by atoms with Gasteiger partial charge in [-0.25, -0.2) is 24.4 Å². The number of carbonyl (C=O) groups is 3. The third kappa shape index (κ3) is 8.90. The van der Waals surface area contributed by atoms with Crippen LogP contribution in [0.15, 0.2) is 77.2 Å². The number of fused-ring (bicyclic) bond motifs is 1. The van der Waals surface area contributed by atoms with Crippen molar-refractivity contribution < 1.29 is 29.3 Å². The molecular formula is C39H44N6O7S. The van der Waals surface area contributed by atoms with Crippen LogP contribution in [-0.2, 0) is 11.3 Å². The van der Waals surface area contributed by atoms with E-state index in [0.29, 0.717) is 39.5 Å². The summed E-state index contributed by atoms with van der Waals surface area (Å²) < 4.78 is 7.13. The molecule has 5 rings (SSSR count). The molecule has 0 radical (unpaired) electrons. The molecule has 53 heavy (non-hydrogen) atoms. The van der Waals surface area contributed by atoms with Crippen LogP contribution in [-0.4, -0.2) is 56.0 Å². The number of benzene rings is 2. The minimum absolute atomic E-state index is 0.0527. The number of hydrogen-bond acceptors (Lipinski definition) is 9. The molecule has 3 heterocycles. The van der Waals surface area contributed by atoms with Crippen LogP contribution >= 0.6 is 11.3 Å². The molecule has 0 aliphatic rings. The van der Waals surface area contributed by atoms with E-state index in [1.807, 2.05) is 70.3 Å². The van der Waals surface area contributed by atoms with E-state index in [0.717, 1.165) is 5.56 Å². The zero-order valence-electron chi connectivity index (χ0n) is 30.5. The van der Waals surface area contributed by atoms with Gasteiger partial charge in [0.15, 0.2) is 0 Å². The van der Waals surface area contributed by atoms with Crippen LogP contribution in [0.3, 0.4) is 0 Å². The van der Waals surface area contributed by atoms with E-state index in [1.165, 1.54) is 17.5 Å². The molecule has 2 aromatic carbocycles. The number of aromatic nitrogens is 3. The summed E-state index contributed by atoms with van der Waals surface area (Å²) in [7, 11) is 0. The molecule has 0 spiro atoms. The number of alkyl carbamates (subject to hydrolysis) is 1. The molecule has 13 nitrogen and oxygen atoms in total. The fourth-order valence-electron chi connectivity index (χ4n) is 5.99. The van der Waals surface area contributed by atoms with Gasteiger partial charge in [-0.3, -0.25) is 10.1 Å². The summed E-state index contributed by atoms with van der Waals surface area (Å²) in [6.45, 7) is 11.7. The van der Waals surface area contributed by atoms with Gasteiger partial charge in [0.05, 0.1) is 29.9 Å². The number of hydrogen-bond donors (Lipinski definition) is 5. The Kier molecular flexibility index (Phi) is 11.9. The molecule has 14 heteroatoms. The largest absolute Gasteiger partial charge is 0.477 e. The van der Waals surface area contributed by atoms with Gasteiger partial charge in [-0.15, -0.1) is 11.3 Å². The Balaban J connectivity index is 1.59. The maximum atomic E-state index is 13.6. The predicted molar refractivity (Wildman–Crippen MR) is 205 cm³/mol. The Hall–Kier alpha value is -5.60. The van der Waals surface area contributed by atoms with Gasteiger partial charge in [0.2, 0.25) is 5.43 Å². The highest BCUT2D eigenvalue weighted by Gasteiger charge is 2.29. The lowest BCUT2D eigenvalue weighted by Crippen LogP contribution is -2.32. The SMILES string of the molecule is CCNC(=O)Nc1cc(-c2nc([C@H](NC(=O)OCc3ccccc3)C(C)C)cs2)c(-c2ccc3c(c2)c(=O)c(C(=O)O)cn3[C@@H](CO)C(C)(C)C)cn1. The van der Waals surface area contributed by atoms with E-state index in [4.69, 9.17) is 9.72 Å². The minimum Gasteiger partial charge on any atom is -0.477 e. The molecule has 5 N–H and O–H groups in total. The van der Waals surface area contributed by atoms with Crippen molar-refractivity contribution in [1.82, 2.24) is 25.2 Å². The van der Waals surface area contributed by atoms with Crippen LogP contribution in [0.1, 0.15) is 75.2 Å². The number of anilines is 1. The number of aromatic carboxylic acids is 1. The predicted octanol–water partition coefficient (Wildman–Crippen LogP) is 7.23. The van der Waals surface area contributed by atoms with Crippen molar-refractivity contribution in [3.63, 3.8) is 0 Å². The van der Waals surface area contributed by atoms with Crippen molar-refractivity contribution in [3.05, 3.63) is 99.4 Å². The van der Waals surface area contributed by atoms with Gasteiger partial charge in [-0.05, 0) is 47.6 Å². The van der Waals surface area contributed by atoms with Crippen LogP contribution < -0.4 is 21.4 Å². The van der Waals surface area contributed by atoms with Crippen LogP contribution in [0.5, 0.6) is 0 Å². The Labute approximate surface area is 311 Å². The number of nitrogens with one attached hydrogen (secondary N) is 3. The van der Waals surface area contributed by atoms with Crippen LogP contribution in [0, 0.1) is 11.3 Å². The lowest BCUT2D eigenvalue weighted by atomic mass is 9.86. The van der Waals surface area contributed by atoms with Crippen molar-refractivity contribution in [1.29, 1.82) is 0 Å². The number of urea groups is 1. The summed E-state index contributed by atoms with van der Waals surface area (Å²) in [4.78, 5) is 60.6. The molecule has 5 aromatic rings. The molecule has 278 valence electrons. The number of carbonyl (C=O) groups excluding carboxylic acids is 2. The molecule has 0 aliphatic carbocycles. The molecule has 0 saturated heterocycles.